The van der Waals surface area contributed by atoms with Crippen LogP contribution in [0.4, 0.5) is 0 Å². The van der Waals surface area contributed by atoms with Gasteiger partial charge in [-0.15, -0.1) is 0 Å². The molecule has 8 heteroatoms. The van der Waals surface area contributed by atoms with E-state index in [1.807, 2.05) is 0 Å². The Morgan fingerprint density at radius 3 is 2.64 bits per heavy atom. The summed E-state index contributed by atoms with van der Waals surface area (Å²) in [6.07, 6.45) is 2.85. The second-order valence-electron chi connectivity index (χ2n) is 5.98. The third-order valence-electron chi connectivity index (χ3n) is 4.55. The summed E-state index contributed by atoms with van der Waals surface area (Å²) in [7, 11) is -2.16. The monoisotopic (exact) mass is 333 g/mol. The summed E-state index contributed by atoms with van der Waals surface area (Å²) in [5.74, 6) is -0.937. The van der Waals surface area contributed by atoms with Gasteiger partial charge in [-0.2, -0.15) is 0 Å². The van der Waals surface area contributed by atoms with E-state index in [1.54, 1.807) is 0 Å². The highest BCUT2D eigenvalue weighted by Crippen LogP contribution is 2.30. The van der Waals surface area contributed by atoms with Gasteiger partial charge in [0.1, 0.15) is 0 Å². The van der Waals surface area contributed by atoms with Crippen molar-refractivity contribution in [3.05, 3.63) is 0 Å². The Morgan fingerprint density at radius 1 is 1.27 bits per heavy atom. The van der Waals surface area contributed by atoms with Crippen molar-refractivity contribution in [1.29, 1.82) is 0 Å². The Kier molecular flexibility index (Phi) is 6.61. The molecule has 2 N–H and O–H groups in total. The van der Waals surface area contributed by atoms with Crippen LogP contribution in [0.5, 0.6) is 0 Å². The molecule has 0 aromatic carbocycles. The molecule has 2 atom stereocenters. The quantitative estimate of drug-likeness (QED) is 0.640. The van der Waals surface area contributed by atoms with E-state index in [2.05, 4.69) is 14.9 Å². The van der Waals surface area contributed by atoms with E-state index in [0.717, 1.165) is 39.0 Å². The normalized spacial score (nSPS) is 27.5. The largest absolute Gasteiger partial charge is 0.469 e. The molecule has 2 rings (SSSR count). The lowest BCUT2D eigenvalue weighted by atomic mass is 9.89. The molecule has 1 saturated heterocycles. The molecule has 1 aliphatic carbocycles. The minimum atomic E-state index is -3.48. The molecule has 0 radical (unpaired) electrons. The van der Waals surface area contributed by atoms with Gasteiger partial charge >= 0.3 is 5.97 Å². The summed E-state index contributed by atoms with van der Waals surface area (Å²) >= 11 is 0. The highest BCUT2D eigenvalue weighted by Gasteiger charge is 2.40. The smallest absolute Gasteiger partial charge is 0.310 e. The molecular weight excluding hydrogens is 306 g/mol. The number of hydrogen-bond donors (Lipinski definition) is 2. The first-order chi connectivity index (χ1) is 10.5. The summed E-state index contributed by atoms with van der Waals surface area (Å²) in [6.45, 7) is 4.87. The van der Waals surface area contributed by atoms with Gasteiger partial charge < -0.3 is 10.1 Å². The molecule has 0 aromatic rings. The second kappa shape index (κ2) is 8.24. The van der Waals surface area contributed by atoms with Crippen LogP contribution in [-0.4, -0.2) is 70.9 Å². The summed E-state index contributed by atoms with van der Waals surface area (Å²) in [4.78, 5) is 14.0. The minimum absolute atomic E-state index is 0.396. The number of esters is 1. The first-order valence-corrected chi connectivity index (χ1v) is 9.58. The van der Waals surface area contributed by atoms with Gasteiger partial charge in [0.15, 0.2) is 0 Å². The molecule has 0 aromatic heterocycles. The molecule has 2 fully saturated rings. The average Bonchev–Trinajstić information content (AvgIpc) is 2.55. The van der Waals surface area contributed by atoms with Crippen molar-refractivity contribution in [2.75, 3.05) is 46.4 Å². The van der Waals surface area contributed by atoms with Crippen molar-refractivity contribution in [3.63, 3.8) is 0 Å². The Balaban J connectivity index is 1.88. The predicted molar refractivity (Wildman–Crippen MR) is 84.0 cm³/mol. The lowest BCUT2D eigenvalue weighted by molar-refractivity contribution is -0.146. The average molecular weight is 333 g/mol. The minimum Gasteiger partial charge on any atom is -0.469 e. The molecular formula is C14H27N3O4S. The van der Waals surface area contributed by atoms with E-state index in [9.17, 15) is 13.2 Å². The maximum Gasteiger partial charge on any atom is 0.310 e. The fourth-order valence-electron chi connectivity index (χ4n) is 3.28. The van der Waals surface area contributed by atoms with Crippen LogP contribution in [0.2, 0.25) is 0 Å². The molecule has 0 amide bonds. The standard InChI is InChI=1S/C14H27N3O4S/c1-21-14(18)12-4-2-3-5-13(12)22(19,20)16-8-11-17-9-6-15-7-10-17/h12-13,15-16H,2-11H2,1H3. The third kappa shape index (κ3) is 4.65. The van der Waals surface area contributed by atoms with E-state index >= 15 is 0 Å². The van der Waals surface area contributed by atoms with Crippen molar-refractivity contribution in [2.45, 2.75) is 30.9 Å². The number of sulfonamides is 1. The molecule has 2 aliphatic rings. The summed E-state index contributed by atoms with van der Waals surface area (Å²) in [5, 5.41) is 2.61. The van der Waals surface area contributed by atoms with E-state index in [0.29, 0.717) is 25.9 Å². The number of piperazine rings is 1. The number of carbonyl (C=O) groups is 1. The Bertz CT molecular complexity index is 463. The zero-order chi connectivity index (χ0) is 16.0. The Morgan fingerprint density at radius 2 is 1.95 bits per heavy atom. The summed E-state index contributed by atoms with van der Waals surface area (Å²) < 4.78 is 32.5. The number of ether oxygens (including phenoxy) is 1. The van der Waals surface area contributed by atoms with E-state index < -0.39 is 27.2 Å². The van der Waals surface area contributed by atoms with Crippen molar-refractivity contribution >= 4 is 16.0 Å². The molecule has 1 saturated carbocycles. The van der Waals surface area contributed by atoms with Crippen LogP contribution in [0.15, 0.2) is 0 Å². The number of methoxy groups -OCH3 is 1. The number of nitrogens with one attached hydrogen (secondary N) is 2. The lowest BCUT2D eigenvalue weighted by Crippen LogP contribution is -2.48. The fourth-order valence-corrected chi connectivity index (χ4v) is 5.02. The second-order valence-corrected chi connectivity index (χ2v) is 7.97. The van der Waals surface area contributed by atoms with Gasteiger partial charge in [0.05, 0.1) is 18.3 Å². The highest BCUT2D eigenvalue weighted by atomic mass is 32.2. The Hall–Kier alpha value is -0.700. The van der Waals surface area contributed by atoms with Gasteiger partial charge in [0.25, 0.3) is 0 Å². The van der Waals surface area contributed by atoms with Crippen molar-refractivity contribution < 1.29 is 17.9 Å². The van der Waals surface area contributed by atoms with E-state index in [4.69, 9.17) is 4.74 Å². The fraction of sp³-hybridized carbons (Fsp3) is 0.929. The van der Waals surface area contributed by atoms with Crippen molar-refractivity contribution in [2.24, 2.45) is 5.92 Å². The zero-order valence-corrected chi connectivity index (χ0v) is 14.0. The van der Waals surface area contributed by atoms with Crippen LogP contribution in [0.3, 0.4) is 0 Å². The number of rotatable bonds is 6. The topological polar surface area (TPSA) is 87.7 Å². The van der Waals surface area contributed by atoms with Crippen LogP contribution in [0, 0.1) is 5.92 Å². The zero-order valence-electron chi connectivity index (χ0n) is 13.2. The van der Waals surface area contributed by atoms with Gasteiger partial charge in [0.2, 0.25) is 10.0 Å². The van der Waals surface area contributed by atoms with Gasteiger partial charge in [-0.25, -0.2) is 13.1 Å². The van der Waals surface area contributed by atoms with Gasteiger partial charge in [-0.05, 0) is 12.8 Å². The lowest BCUT2D eigenvalue weighted by Gasteiger charge is -2.30. The summed E-state index contributed by atoms with van der Waals surface area (Å²) in [5.41, 5.74) is 0. The molecule has 1 heterocycles. The number of nitrogens with zero attached hydrogens (tertiary/aromatic N) is 1. The predicted octanol–water partition coefficient (Wildman–Crippen LogP) is -0.457. The molecule has 1 aliphatic heterocycles. The van der Waals surface area contributed by atoms with Crippen LogP contribution < -0.4 is 10.0 Å². The molecule has 0 spiro atoms. The number of hydrogen-bond acceptors (Lipinski definition) is 6. The van der Waals surface area contributed by atoms with Crippen LogP contribution in [0.25, 0.3) is 0 Å². The first kappa shape index (κ1) is 17.7. The van der Waals surface area contributed by atoms with Crippen LogP contribution in [0.1, 0.15) is 25.7 Å². The third-order valence-corrected chi connectivity index (χ3v) is 6.51. The Labute approximate surface area is 132 Å². The van der Waals surface area contributed by atoms with Gasteiger partial charge in [-0.3, -0.25) is 9.69 Å². The van der Waals surface area contributed by atoms with Crippen LogP contribution >= 0.6 is 0 Å². The molecule has 0 bridgehead atoms. The van der Waals surface area contributed by atoms with Crippen molar-refractivity contribution in [1.82, 2.24) is 14.9 Å². The SMILES string of the molecule is COC(=O)C1CCCCC1S(=O)(=O)NCCN1CCNCC1. The van der Waals surface area contributed by atoms with E-state index in [1.165, 1.54) is 7.11 Å². The maximum absolute atomic E-state index is 12.5. The maximum atomic E-state index is 12.5. The molecule has 22 heavy (non-hydrogen) atoms. The molecule has 128 valence electrons. The highest BCUT2D eigenvalue weighted by molar-refractivity contribution is 7.90. The van der Waals surface area contributed by atoms with Gasteiger partial charge in [-0.1, -0.05) is 12.8 Å². The van der Waals surface area contributed by atoms with Gasteiger partial charge in [0, 0.05) is 39.3 Å². The van der Waals surface area contributed by atoms with E-state index in [-0.39, 0.29) is 0 Å². The molecule has 7 nitrogen and oxygen atoms in total. The molecule has 2 unspecified atom stereocenters. The van der Waals surface area contributed by atoms with Crippen LogP contribution in [-0.2, 0) is 19.6 Å². The first-order valence-electron chi connectivity index (χ1n) is 8.04. The van der Waals surface area contributed by atoms with Crippen molar-refractivity contribution in [3.8, 4) is 0 Å². The number of carbonyl (C=O) groups excluding carboxylic acids is 1. The summed E-state index contributed by atoms with van der Waals surface area (Å²) in [6, 6.07) is 0.